The van der Waals surface area contributed by atoms with E-state index in [1.165, 1.54) is 16.9 Å². The molecule has 2 aliphatic heterocycles. The van der Waals surface area contributed by atoms with Gasteiger partial charge in [0.2, 0.25) is 11.0 Å². The van der Waals surface area contributed by atoms with E-state index in [1.807, 2.05) is 0 Å². The molecule has 0 aromatic rings. The molecule has 88 valence electrons. The van der Waals surface area contributed by atoms with Crippen LogP contribution in [0.1, 0.15) is 19.3 Å². The highest BCUT2D eigenvalue weighted by Crippen LogP contribution is 2.49. The highest BCUT2D eigenvalue weighted by Gasteiger charge is 2.44. The number of hydrogen-bond donors (Lipinski definition) is 0. The average molecular weight is 264 g/mol. The zero-order chi connectivity index (χ0) is 12.0. The van der Waals surface area contributed by atoms with E-state index in [9.17, 15) is 4.79 Å². The third-order valence-corrected chi connectivity index (χ3v) is 4.85. The lowest BCUT2D eigenvalue weighted by Crippen LogP contribution is -2.45. The maximum atomic E-state index is 12.4. The lowest BCUT2D eigenvalue weighted by atomic mass is 9.97. The van der Waals surface area contributed by atoms with Gasteiger partial charge in [-0.2, -0.15) is 0 Å². The Labute approximate surface area is 110 Å². The van der Waals surface area contributed by atoms with Gasteiger partial charge in [0.15, 0.2) is 0 Å². The molecule has 17 heavy (non-hydrogen) atoms. The molecule has 1 amide bonds. The van der Waals surface area contributed by atoms with Crippen LogP contribution in [0.15, 0.2) is 28.1 Å². The maximum Gasteiger partial charge on any atom is 0.242 e. The molecule has 2 heterocycles. The molecular weight excluding hydrogens is 252 g/mol. The molecule has 0 radical (unpaired) electrons. The second kappa shape index (κ2) is 4.07. The smallest absolute Gasteiger partial charge is 0.242 e. The number of aliphatic imine (C=N–C) groups is 1. The lowest BCUT2D eigenvalue weighted by molar-refractivity contribution is -0.128. The fraction of sp³-hybridized carbons (Fsp3) is 0.417. The Morgan fingerprint density at radius 3 is 3.18 bits per heavy atom. The second-order valence-electron chi connectivity index (χ2n) is 4.31. The SMILES string of the molecule is C=CCN1C(=O)C2C(=NC1=S)SC1=C2CCC1. The summed E-state index contributed by atoms with van der Waals surface area (Å²) in [4.78, 5) is 19.7. The predicted molar refractivity (Wildman–Crippen MR) is 73.9 cm³/mol. The predicted octanol–water partition coefficient (Wildman–Crippen LogP) is 2.50. The first kappa shape index (κ1) is 11.2. The molecule has 1 atom stereocenters. The first-order valence-corrected chi connectivity index (χ1v) is 6.89. The Kier molecular flexibility index (Phi) is 2.67. The molecule has 0 spiro atoms. The van der Waals surface area contributed by atoms with E-state index in [4.69, 9.17) is 12.2 Å². The molecular formula is C12H12N2OS2. The summed E-state index contributed by atoms with van der Waals surface area (Å²) in [5, 5.41) is 1.28. The van der Waals surface area contributed by atoms with Crippen molar-refractivity contribution in [2.45, 2.75) is 19.3 Å². The van der Waals surface area contributed by atoms with Crippen LogP contribution in [0.25, 0.3) is 0 Å². The number of thioether (sulfide) groups is 1. The molecule has 3 nitrogen and oxygen atoms in total. The normalized spacial score (nSPS) is 27.2. The molecule has 1 aliphatic carbocycles. The summed E-state index contributed by atoms with van der Waals surface area (Å²) >= 11 is 6.82. The van der Waals surface area contributed by atoms with Crippen molar-refractivity contribution in [3.05, 3.63) is 23.1 Å². The third kappa shape index (κ3) is 1.60. The zero-order valence-electron chi connectivity index (χ0n) is 9.31. The zero-order valence-corrected chi connectivity index (χ0v) is 10.9. The fourth-order valence-electron chi connectivity index (χ4n) is 2.54. The van der Waals surface area contributed by atoms with Crippen molar-refractivity contribution in [2.75, 3.05) is 6.54 Å². The highest BCUT2D eigenvalue weighted by atomic mass is 32.2. The Morgan fingerprint density at radius 1 is 1.59 bits per heavy atom. The first-order chi connectivity index (χ1) is 8.22. The molecule has 0 aromatic heterocycles. The summed E-state index contributed by atoms with van der Waals surface area (Å²) in [5.41, 5.74) is 1.29. The van der Waals surface area contributed by atoms with Gasteiger partial charge in [0.1, 0.15) is 5.92 Å². The van der Waals surface area contributed by atoms with Crippen LogP contribution in [-0.4, -0.2) is 27.5 Å². The minimum Gasteiger partial charge on any atom is -0.283 e. The van der Waals surface area contributed by atoms with Crippen LogP contribution < -0.4 is 0 Å². The molecule has 0 fully saturated rings. The highest BCUT2D eigenvalue weighted by molar-refractivity contribution is 8.17. The first-order valence-electron chi connectivity index (χ1n) is 5.67. The number of hydrogen-bond acceptors (Lipinski definition) is 3. The number of carbonyl (C=O) groups is 1. The van der Waals surface area contributed by atoms with Crippen molar-refractivity contribution in [2.24, 2.45) is 10.9 Å². The van der Waals surface area contributed by atoms with Gasteiger partial charge in [-0.05, 0) is 42.0 Å². The van der Waals surface area contributed by atoms with Crippen molar-refractivity contribution >= 4 is 40.0 Å². The molecule has 0 N–H and O–H groups in total. The number of amides is 1. The van der Waals surface area contributed by atoms with Gasteiger partial charge in [-0.25, -0.2) is 4.99 Å². The van der Waals surface area contributed by atoms with E-state index in [0.717, 1.165) is 17.9 Å². The number of thiocarbonyl (C=S) groups is 1. The summed E-state index contributed by atoms with van der Waals surface area (Å²) in [6, 6.07) is 0. The summed E-state index contributed by atoms with van der Waals surface area (Å²) in [6.07, 6.45) is 4.99. The van der Waals surface area contributed by atoms with Gasteiger partial charge >= 0.3 is 0 Å². The van der Waals surface area contributed by atoms with Gasteiger partial charge in [-0.1, -0.05) is 17.8 Å². The molecule has 0 aromatic carbocycles. The second-order valence-corrected chi connectivity index (χ2v) is 5.79. The van der Waals surface area contributed by atoms with Gasteiger partial charge in [0.25, 0.3) is 0 Å². The summed E-state index contributed by atoms with van der Waals surface area (Å²) < 4.78 is 0. The molecule has 0 saturated carbocycles. The molecule has 5 heteroatoms. The number of rotatable bonds is 2. The van der Waals surface area contributed by atoms with E-state index in [0.29, 0.717) is 11.7 Å². The van der Waals surface area contributed by atoms with Crippen LogP contribution in [0, 0.1) is 5.92 Å². The van der Waals surface area contributed by atoms with E-state index in [2.05, 4.69) is 11.6 Å². The van der Waals surface area contributed by atoms with Gasteiger partial charge in [-0.15, -0.1) is 6.58 Å². The Hall–Kier alpha value is -0.940. The van der Waals surface area contributed by atoms with Crippen LogP contribution in [0.2, 0.25) is 0 Å². The maximum absolute atomic E-state index is 12.4. The van der Waals surface area contributed by atoms with Crippen LogP contribution in [0.5, 0.6) is 0 Å². The van der Waals surface area contributed by atoms with Gasteiger partial charge in [0.05, 0.1) is 5.04 Å². The number of fused-ring (bicyclic) bond motifs is 2. The number of nitrogens with zero attached hydrogens (tertiary/aromatic N) is 2. The topological polar surface area (TPSA) is 32.7 Å². The largest absolute Gasteiger partial charge is 0.283 e. The number of carbonyl (C=O) groups excluding carboxylic acids is 1. The van der Waals surface area contributed by atoms with E-state index < -0.39 is 0 Å². The van der Waals surface area contributed by atoms with Crippen LogP contribution in [-0.2, 0) is 4.79 Å². The summed E-state index contributed by atoms with van der Waals surface area (Å²) in [7, 11) is 0. The molecule has 3 rings (SSSR count). The number of allylic oxidation sites excluding steroid dienone is 1. The van der Waals surface area contributed by atoms with Gasteiger partial charge in [-0.3, -0.25) is 9.69 Å². The summed E-state index contributed by atoms with van der Waals surface area (Å²) in [6.45, 7) is 4.11. The molecule has 0 bridgehead atoms. The standard InChI is InChI=1S/C12H12N2OS2/c1-2-6-14-11(15)9-7-4-3-5-8(7)17-10(9)13-12(14)16/h2,9H,1,3-6H2. The van der Waals surface area contributed by atoms with Crippen LogP contribution in [0.3, 0.4) is 0 Å². The minimum atomic E-state index is -0.135. The van der Waals surface area contributed by atoms with Crippen molar-refractivity contribution in [3.63, 3.8) is 0 Å². The van der Waals surface area contributed by atoms with Crippen molar-refractivity contribution in [3.8, 4) is 0 Å². The Balaban J connectivity index is 1.99. The summed E-state index contributed by atoms with van der Waals surface area (Å²) in [5.74, 6) is -0.0524. The van der Waals surface area contributed by atoms with Gasteiger partial charge in [0, 0.05) is 6.54 Å². The van der Waals surface area contributed by atoms with Crippen molar-refractivity contribution in [1.82, 2.24) is 4.90 Å². The molecule has 3 aliphatic rings. The van der Waals surface area contributed by atoms with Crippen molar-refractivity contribution in [1.29, 1.82) is 0 Å². The molecule has 0 saturated heterocycles. The van der Waals surface area contributed by atoms with E-state index in [-0.39, 0.29) is 11.8 Å². The monoisotopic (exact) mass is 264 g/mol. The van der Waals surface area contributed by atoms with Crippen LogP contribution >= 0.6 is 24.0 Å². The Bertz CT molecular complexity index is 493. The molecule has 1 unspecified atom stereocenters. The quantitative estimate of drug-likeness (QED) is 0.567. The van der Waals surface area contributed by atoms with Crippen LogP contribution in [0.4, 0.5) is 0 Å². The van der Waals surface area contributed by atoms with Crippen molar-refractivity contribution < 1.29 is 4.79 Å². The lowest BCUT2D eigenvalue weighted by Gasteiger charge is -2.28. The van der Waals surface area contributed by atoms with E-state index in [1.54, 1.807) is 22.7 Å². The van der Waals surface area contributed by atoms with E-state index >= 15 is 0 Å². The fourth-order valence-corrected chi connectivity index (χ4v) is 4.20. The minimum absolute atomic E-state index is 0.0827. The van der Waals surface area contributed by atoms with Gasteiger partial charge < -0.3 is 0 Å². The third-order valence-electron chi connectivity index (χ3n) is 3.29. The Morgan fingerprint density at radius 2 is 2.41 bits per heavy atom. The average Bonchev–Trinajstić information content (AvgIpc) is 2.83.